The number of hydrogen-bond donors (Lipinski definition) is 2. The van der Waals surface area contributed by atoms with Gasteiger partial charge in [0.2, 0.25) is 0 Å². The van der Waals surface area contributed by atoms with Crippen molar-refractivity contribution >= 4 is 11.8 Å². The fourth-order valence-electron chi connectivity index (χ4n) is 2.09. The van der Waals surface area contributed by atoms with Crippen molar-refractivity contribution in [2.75, 3.05) is 18.0 Å². The van der Waals surface area contributed by atoms with Crippen molar-refractivity contribution in [3.8, 4) is 0 Å². The molecule has 110 valence electrons. The summed E-state index contributed by atoms with van der Waals surface area (Å²) in [6.07, 6.45) is -3.49. The molecule has 8 heteroatoms. The molecule has 1 fully saturated rings. The first-order valence-corrected chi connectivity index (χ1v) is 5.96. The summed E-state index contributed by atoms with van der Waals surface area (Å²) in [6.45, 7) is 0.272. The number of halogens is 3. The highest BCUT2D eigenvalue weighted by molar-refractivity contribution is 5.77. The van der Waals surface area contributed by atoms with E-state index in [0.717, 1.165) is 18.3 Å². The Morgan fingerprint density at radius 2 is 1.95 bits per heavy atom. The van der Waals surface area contributed by atoms with E-state index in [-0.39, 0.29) is 31.7 Å². The van der Waals surface area contributed by atoms with Crippen LogP contribution in [0, 0.1) is 0 Å². The third kappa shape index (κ3) is 2.84. The minimum atomic E-state index is -4.45. The van der Waals surface area contributed by atoms with E-state index in [9.17, 15) is 23.1 Å². The molecule has 2 heterocycles. The van der Waals surface area contributed by atoms with E-state index in [2.05, 4.69) is 4.98 Å². The van der Waals surface area contributed by atoms with E-state index < -0.39 is 23.3 Å². The molecule has 2 N–H and O–H groups in total. The van der Waals surface area contributed by atoms with Crippen LogP contribution in [0.25, 0.3) is 0 Å². The number of carboxylic acid groups (broad SMARTS) is 1. The number of aromatic nitrogens is 1. The minimum absolute atomic E-state index is 0.0553. The van der Waals surface area contributed by atoms with Crippen LogP contribution >= 0.6 is 0 Å². The Bertz CT molecular complexity index is 511. The molecule has 20 heavy (non-hydrogen) atoms. The Morgan fingerprint density at radius 1 is 1.35 bits per heavy atom. The number of hydrogen-bond acceptors (Lipinski definition) is 4. The van der Waals surface area contributed by atoms with Gasteiger partial charge in [0.1, 0.15) is 5.82 Å². The molecule has 1 aromatic heterocycles. The second kappa shape index (κ2) is 4.93. The van der Waals surface area contributed by atoms with Crippen molar-refractivity contribution in [3.05, 3.63) is 23.9 Å². The van der Waals surface area contributed by atoms with Crippen LogP contribution in [0.15, 0.2) is 18.3 Å². The number of carbonyl (C=O) groups is 1. The van der Waals surface area contributed by atoms with E-state index in [0.29, 0.717) is 0 Å². The van der Waals surface area contributed by atoms with Gasteiger partial charge in [-0.05, 0) is 12.1 Å². The zero-order valence-corrected chi connectivity index (χ0v) is 10.4. The molecule has 0 aromatic carbocycles. The third-order valence-corrected chi connectivity index (χ3v) is 3.39. The number of alkyl halides is 3. The fraction of sp³-hybridized carbons (Fsp3) is 0.500. The first-order valence-electron chi connectivity index (χ1n) is 5.96. The number of pyridine rings is 1. The van der Waals surface area contributed by atoms with Crippen molar-refractivity contribution in [3.63, 3.8) is 0 Å². The molecule has 0 radical (unpaired) electrons. The van der Waals surface area contributed by atoms with Gasteiger partial charge in [0.05, 0.1) is 5.56 Å². The smallest absolute Gasteiger partial charge is 0.416 e. The molecule has 1 saturated heterocycles. The maximum Gasteiger partial charge on any atom is 0.416 e. The Balaban J connectivity index is 2.13. The summed E-state index contributed by atoms with van der Waals surface area (Å²) < 4.78 is 37.8. The van der Waals surface area contributed by atoms with E-state index in [4.69, 9.17) is 5.11 Å². The fourth-order valence-corrected chi connectivity index (χ4v) is 2.09. The lowest BCUT2D eigenvalue weighted by atomic mass is 9.91. The number of piperidine rings is 1. The second-order valence-electron chi connectivity index (χ2n) is 4.72. The highest BCUT2D eigenvalue weighted by Crippen LogP contribution is 2.32. The van der Waals surface area contributed by atoms with Gasteiger partial charge in [-0.15, -0.1) is 0 Å². The van der Waals surface area contributed by atoms with Crippen molar-refractivity contribution in [1.29, 1.82) is 0 Å². The maximum atomic E-state index is 12.6. The van der Waals surface area contributed by atoms with Crippen molar-refractivity contribution in [2.24, 2.45) is 0 Å². The Labute approximate surface area is 112 Å². The van der Waals surface area contributed by atoms with Gasteiger partial charge < -0.3 is 15.1 Å². The predicted octanol–water partition coefficient (Wildman–Crippen LogP) is 1.52. The van der Waals surface area contributed by atoms with E-state index in [1.165, 1.54) is 4.90 Å². The van der Waals surface area contributed by atoms with Crippen LogP contribution in [-0.2, 0) is 11.0 Å². The van der Waals surface area contributed by atoms with E-state index in [1.807, 2.05) is 0 Å². The zero-order valence-electron chi connectivity index (χ0n) is 10.4. The van der Waals surface area contributed by atoms with Gasteiger partial charge in [0.15, 0.2) is 5.60 Å². The zero-order chi connectivity index (χ0) is 15.0. The SMILES string of the molecule is O=C(O)C1(O)CCN(c2cc(C(F)(F)F)ccn2)CC1. The van der Waals surface area contributed by atoms with Crippen molar-refractivity contribution < 1.29 is 28.2 Å². The predicted molar refractivity (Wildman–Crippen MR) is 63.3 cm³/mol. The quantitative estimate of drug-likeness (QED) is 0.864. The van der Waals surface area contributed by atoms with Gasteiger partial charge in [-0.1, -0.05) is 0 Å². The summed E-state index contributed by atoms with van der Waals surface area (Å²) in [7, 11) is 0. The Morgan fingerprint density at radius 3 is 2.45 bits per heavy atom. The second-order valence-corrected chi connectivity index (χ2v) is 4.72. The lowest BCUT2D eigenvalue weighted by molar-refractivity contribution is -0.160. The van der Waals surface area contributed by atoms with E-state index >= 15 is 0 Å². The van der Waals surface area contributed by atoms with Crippen LogP contribution in [0.2, 0.25) is 0 Å². The molecule has 0 unspecified atom stereocenters. The van der Waals surface area contributed by atoms with Crippen molar-refractivity contribution in [2.45, 2.75) is 24.6 Å². The molecule has 0 atom stereocenters. The molecule has 0 spiro atoms. The first kappa shape index (κ1) is 14.6. The number of nitrogens with zero attached hydrogens (tertiary/aromatic N) is 2. The van der Waals surface area contributed by atoms with Gasteiger partial charge >= 0.3 is 12.1 Å². The summed E-state index contributed by atoms with van der Waals surface area (Å²) in [5.41, 5.74) is -2.61. The lowest BCUT2D eigenvalue weighted by Gasteiger charge is -2.36. The summed E-state index contributed by atoms with van der Waals surface area (Å²) in [5, 5.41) is 18.6. The molecule has 1 aromatic rings. The Hall–Kier alpha value is -1.83. The number of anilines is 1. The number of aliphatic hydroxyl groups is 1. The van der Waals surface area contributed by atoms with Crippen LogP contribution in [0.3, 0.4) is 0 Å². The number of aliphatic carboxylic acids is 1. The molecular formula is C12H13F3N2O3. The van der Waals surface area contributed by atoms with Gasteiger partial charge in [-0.25, -0.2) is 9.78 Å². The monoisotopic (exact) mass is 290 g/mol. The normalized spacial score (nSPS) is 18.9. The van der Waals surface area contributed by atoms with Gasteiger partial charge in [0.25, 0.3) is 0 Å². The van der Waals surface area contributed by atoms with Gasteiger partial charge in [-0.3, -0.25) is 0 Å². The van der Waals surface area contributed by atoms with Gasteiger partial charge in [0, 0.05) is 32.1 Å². The van der Waals surface area contributed by atoms with Crippen LogP contribution in [0.4, 0.5) is 19.0 Å². The molecule has 0 saturated carbocycles. The topological polar surface area (TPSA) is 73.7 Å². The largest absolute Gasteiger partial charge is 0.479 e. The first-order chi connectivity index (χ1) is 9.22. The van der Waals surface area contributed by atoms with Crippen LogP contribution < -0.4 is 4.90 Å². The summed E-state index contributed by atoms with van der Waals surface area (Å²) in [4.78, 5) is 16.3. The maximum absolute atomic E-state index is 12.6. The average molecular weight is 290 g/mol. The van der Waals surface area contributed by atoms with Crippen molar-refractivity contribution in [1.82, 2.24) is 4.98 Å². The summed E-state index contributed by atoms with van der Waals surface area (Å²) in [5.74, 6) is -1.18. The molecule has 0 bridgehead atoms. The highest BCUT2D eigenvalue weighted by Gasteiger charge is 2.40. The molecule has 1 aliphatic heterocycles. The van der Waals surface area contributed by atoms with Gasteiger partial charge in [-0.2, -0.15) is 13.2 Å². The molecule has 2 rings (SSSR count). The standard InChI is InChI=1S/C12H13F3N2O3/c13-12(14,15)8-1-4-16-9(7-8)17-5-2-11(20,3-6-17)10(18)19/h1,4,7,20H,2-3,5-6H2,(H,18,19). The van der Waals surface area contributed by atoms with Crippen LogP contribution in [-0.4, -0.2) is 39.9 Å². The molecule has 1 aliphatic rings. The molecule has 0 aliphatic carbocycles. The minimum Gasteiger partial charge on any atom is -0.479 e. The molecule has 0 amide bonds. The third-order valence-electron chi connectivity index (χ3n) is 3.39. The summed E-state index contributed by atoms with van der Waals surface area (Å²) >= 11 is 0. The highest BCUT2D eigenvalue weighted by atomic mass is 19.4. The average Bonchev–Trinajstić information content (AvgIpc) is 2.38. The molecular weight excluding hydrogens is 277 g/mol. The van der Waals surface area contributed by atoms with Crippen LogP contribution in [0.1, 0.15) is 18.4 Å². The Kier molecular flexibility index (Phi) is 3.59. The number of carboxylic acids is 1. The summed E-state index contributed by atoms with van der Waals surface area (Å²) in [6, 6.07) is 1.80. The van der Waals surface area contributed by atoms with E-state index in [1.54, 1.807) is 0 Å². The lowest BCUT2D eigenvalue weighted by Crippen LogP contribution is -2.49. The van der Waals surface area contributed by atoms with Crippen LogP contribution in [0.5, 0.6) is 0 Å². The molecule has 5 nitrogen and oxygen atoms in total. The number of rotatable bonds is 2.